The summed E-state index contributed by atoms with van der Waals surface area (Å²) in [6, 6.07) is 43.6. The average Bonchev–Trinajstić information content (AvgIpc) is 3.64. The molecule has 3 nitrogen and oxygen atoms in total. The fourth-order valence-electron chi connectivity index (χ4n) is 6.17. The Morgan fingerprint density at radius 1 is 0.783 bits per heavy atom. The quantitative estimate of drug-likeness (QED) is 0.0961. The Labute approximate surface area is 266 Å². The molecule has 46 heavy (non-hydrogen) atoms. The first-order valence-corrected chi connectivity index (χ1v) is 15.6. The van der Waals surface area contributed by atoms with Crippen LogP contribution in [-0.4, -0.2) is 29.8 Å². The van der Waals surface area contributed by atoms with Gasteiger partial charge >= 0.3 is 7.25 Å². The van der Waals surface area contributed by atoms with Crippen LogP contribution in [0.2, 0.25) is 0 Å². The van der Waals surface area contributed by atoms with Gasteiger partial charge in [0.05, 0.1) is 28.4 Å². The van der Waals surface area contributed by atoms with Crippen molar-refractivity contribution in [1.82, 2.24) is 0 Å². The van der Waals surface area contributed by atoms with E-state index in [1.54, 1.807) is 0 Å². The molecule has 1 unspecified atom stereocenters. The van der Waals surface area contributed by atoms with Crippen LogP contribution in [0.1, 0.15) is 54.5 Å². The highest BCUT2D eigenvalue weighted by Crippen LogP contribution is 2.38. The van der Waals surface area contributed by atoms with Crippen molar-refractivity contribution < 1.29 is 21.8 Å². The number of unbranched alkanes of at least 4 members (excludes halogenated alkanes) is 1. The molecule has 0 radical (unpaired) electrons. The summed E-state index contributed by atoms with van der Waals surface area (Å²) in [5.41, 5.74) is 9.83. The van der Waals surface area contributed by atoms with E-state index in [0.717, 1.165) is 24.4 Å². The van der Waals surface area contributed by atoms with Gasteiger partial charge in [-0.05, 0) is 46.4 Å². The topological polar surface area (TPSA) is 18.6 Å². The van der Waals surface area contributed by atoms with Crippen molar-refractivity contribution in [1.29, 1.82) is 0 Å². The number of hydrazone groups is 1. The first kappa shape index (κ1) is 31.0. The molecule has 8 heteroatoms. The van der Waals surface area contributed by atoms with Crippen LogP contribution >= 0.6 is 0 Å². The number of hydrogen-bond donors (Lipinski definition) is 0. The maximum Gasteiger partial charge on any atom is 0.673 e. The zero-order chi connectivity index (χ0) is 32.1. The van der Waals surface area contributed by atoms with E-state index in [4.69, 9.17) is 5.10 Å². The molecule has 5 aromatic carbocycles. The van der Waals surface area contributed by atoms with Crippen LogP contribution in [0, 0.1) is 0 Å². The van der Waals surface area contributed by atoms with Gasteiger partial charge in [-0.25, -0.2) is 0 Å². The summed E-state index contributed by atoms with van der Waals surface area (Å²) in [4.78, 5) is 0. The Kier molecular flexibility index (Phi) is 9.15. The zero-order valence-electron chi connectivity index (χ0n) is 25.5. The van der Waals surface area contributed by atoms with Crippen molar-refractivity contribution in [3.8, 4) is 0 Å². The summed E-state index contributed by atoms with van der Waals surface area (Å²) in [7, 11) is -6.00. The van der Waals surface area contributed by atoms with Crippen molar-refractivity contribution in [2.45, 2.75) is 32.2 Å². The molecule has 0 amide bonds. The van der Waals surface area contributed by atoms with Crippen LogP contribution in [0.15, 0.2) is 133 Å². The van der Waals surface area contributed by atoms with Crippen molar-refractivity contribution in [2.75, 3.05) is 11.6 Å². The molecule has 0 saturated carbocycles. The zero-order valence-corrected chi connectivity index (χ0v) is 25.5. The van der Waals surface area contributed by atoms with Crippen LogP contribution in [0.5, 0.6) is 0 Å². The monoisotopic (exact) mass is 619 g/mol. The number of halogens is 4. The fraction of sp³-hybridized carbons (Fsp3) is 0.158. The molecule has 232 valence electrons. The van der Waals surface area contributed by atoms with Gasteiger partial charge < -0.3 is 17.3 Å². The fourth-order valence-corrected chi connectivity index (χ4v) is 6.17. The summed E-state index contributed by atoms with van der Waals surface area (Å²) in [5.74, 6) is 0. The average molecular weight is 620 g/mol. The van der Waals surface area contributed by atoms with Gasteiger partial charge in [0.2, 0.25) is 11.4 Å². The van der Waals surface area contributed by atoms with E-state index in [9.17, 15) is 17.3 Å². The van der Waals surface area contributed by atoms with E-state index in [0.29, 0.717) is 0 Å². The smallest absolute Gasteiger partial charge is 0.418 e. The van der Waals surface area contributed by atoms with Crippen LogP contribution in [-0.2, 0) is 0 Å². The van der Waals surface area contributed by atoms with Crippen molar-refractivity contribution >= 4 is 46.9 Å². The Morgan fingerprint density at radius 2 is 1.43 bits per heavy atom. The van der Waals surface area contributed by atoms with Crippen molar-refractivity contribution in [3.05, 3.63) is 150 Å². The van der Waals surface area contributed by atoms with Gasteiger partial charge in [0.1, 0.15) is 6.54 Å². The Balaban J connectivity index is 0.000000692. The lowest BCUT2D eigenvalue weighted by Crippen LogP contribution is -2.18. The van der Waals surface area contributed by atoms with Crippen molar-refractivity contribution in [3.63, 3.8) is 0 Å². The van der Waals surface area contributed by atoms with E-state index in [1.807, 2.05) is 0 Å². The molecular weight excluding hydrogens is 585 g/mol. The molecule has 7 rings (SSSR count). The molecule has 5 aromatic rings. The summed E-state index contributed by atoms with van der Waals surface area (Å²) >= 11 is 0. The Hall–Kier alpha value is -4.98. The molecule has 0 spiro atoms. The summed E-state index contributed by atoms with van der Waals surface area (Å²) in [5, 5.41) is 10.0. The van der Waals surface area contributed by atoms with Crippen LogP contribution < -0.4 is 5.01 Å². The standard InChI is InChI=1S/C38H34N3.BF4/c1-2-3-26-40-35(33-18-10-16-31-17-11-19-36(40)38(31)33)25-22-28-20-23-32(24-21-28)41-37(30-14-8-5-9-15-30)27-34(39-41)29-12-6-4-7-13-29;2-1(3,4)5/h4-25,37H,2-3,26-27H2,1H3;/q+1;-1. The summed E-state index contributed by atoms with van der Waals surface area (Å²) < 4.78 is 41.5. The first-order valence-electron chi connectivity index (χ1n) is 15.6. The highest BCUT2D eigenvalue weighted by atomic mass is 19.5. The van der Waals surface area contributed by atoms with E-state index in [1.165, 1.54) is 57.3 Å². The summed E-state index contributed by atoms with van der Waals surface area (Å²) in [6.07, 6.45) is 7.78. The van der Waals surface area contributed by atoms with Crippen LogP contribution in [0.25, 0.3) is 16.8 Å². The minimum atomic E-state index is -6.00. The highest BCUT2D eigenvalue weighted by Gasteiger charge is 2.31. The van der Waals surface area contributed by atoms with E-state index in [2.05, 4.69) is 150 Å². The number of hydrogen-bond acceptors (Lipinski definition) is 2. The van der Waals surface area contributed by atoms with Crippen LogP contribution in [0.4, 0.5) is 28.6 Å². The predicted molar refractivity (Wildman–Crippen MR) is 183 cm³/mol. The molecule has 0 aromatic heterocycles. The molecule has 0 aliphatic carbocycles. The van der Waals surface area contributed by atoms with Gasteiger partial charge in [0.25, 0.3) is 0 Å². The van der Waals surface area contributed by atoms with Crippen LogP contribution in [0.3, 0.4) is 0 Å². The lowest BCUT2D eigenvalue weighted by atomic mass is 9.98. The van der Waals surface area contributed by atoms with Gasteiger partial charge in [-0.2, -0.15) is 9.68 Å². The highest BCUT2D eigenvalue weighted by molar-refractivity contribution is 6.50. The molecule has 0 saturated heterocycles. The number of allylic oxidation sites excluding steroid dienone is 1. The van der Waals surface area contributed by atoms with Gasteiger partial charge in [0.15, 0.2) is 0 Å². The second kappa shape index (κ2) is 13.6. The lowest BCUT2D eigenvalue weighted by molar-refractivity contribution is -0.436. The second-order valence-electron chi connectivity index (χ2n) is 11.4. The third-order valence-electron chi connectivity index (χ3n) is 8.27. The molecule has 0 bridgehead atoms. The molecule has 2 aliphatic heterocycles. The third-order valence-corrected chi connectivity index (χ3v) is 8.27. The molecule has 2 aliphatic rings. The number of rotatable bonds is 8. The lowest BCUT2D eigenvalue weighted by Gasteiger charge is -2.24. The Morgan fingerprint density at radius 3 is 2.11 bits per heavy atom. The maximum absolute atomic E-state index is 9.75. The SMILES string of the molecule is CCCC[N+]1=C(/C=C/c2ccc(N3N=C(c4ccccc4)CC3c3ccccc3)cc2)c2cccc3cccc1c23.F[B-](F)(F)F. The van der Waals surface area contributed by atoms with Gasteiger partial charge in [0, 0.05) is 25.0 Å². The third kappa shape index (κ3) is 6.96. The largest absolute Gasteiger partial charge is 0.673 e. The molecule has 0 N–H and O–H groups in total. The number of nitrogens with zero attached hydrogens (tertiary/aromatic N) is 3. The molecule has 1 atom stereocenters. The van der Waals surface area contributed by atoms with E-state index in [-0.39, 0.29) is 6.04 Å². The normalized spacial score (nSPS) is 15.8. The second-order valence-corrected chi connectivity index (χ2v) is 11.4. The number of benzene rings is 5. The Bertz CT molecular complexity index is 1890. The minimum absolute atomic E-state index is 0.174. The summed E-state index contributed by atoms with van der Waals surface area (Å²) in [6.45, 7) is 3.29. The molecule has 0 fully saturated rings. The van der Waals surface area contributed by atoms with E-state index < -0.39 is 7.25 Å². The van der Waals surface area contributed by atoms with Gasteiger partial charge in [-0.1, -0.05) is 110 Å². The predicted octanol–water partition coefficient (Wildman–Crippen LogP) is 10.5. The molecular formula is C38H34BF4N3. The minimum Gasteiger partial charge on any atom is -0.418 e. The maximum atomic E-state index is 9.75. The van der Waals surface area contributed by atoms with Gasteiger partial charge in [-0.3, -0.25) is 5.01 Å². The number of anilines is 1. The first-order chi connectivity index (χ1) is 22.3. The van der Waals surface area contributed by atoms with E-state index >= 15 is 0 Å². The van der Waals surface area contributed by atoms with Gasteiger partial charge in [-0.15, -0.1) is 0 Å². The molecule has 2 heterocycles. The van der Waals surface area contributed by atoms with Crippen molar-refractivity contribution in [2.24, 2.45) is 5.10 Å².